The third-order valence-corrected chi connectivity index (χ3v) is 6.83. The highest BCUT2D eigenvalue weighted by Crippen LogP contribution is 2.27. The number of hydrogen-bond donors (Lipinski definition) is 1. The van der Waals surface area contributed by atoms with Gasteiger partial charge in [0, 0.05) is 48.6 Å². The van der Waals surface area contributed by atoms with Gasteiger partial charge in [0.15, 0.2) is 5.82 Å². The number of aromatic nitrogens is 6. The molecule has 1 amide bonds. The molecule has 5 heterocycles. The van der Waals surface area contributed by atoms with E-state index in [1.54, 1.807) is 23.0 Å². The SMILES string of the molecule is Cc1ncc(C(=O)Nc2cc(C(C)(C)C)on2)cc1-n1cc(-c2cncc(N3CC[C@H](N(C)C)C3)c2)nn1. The van der Waals surface area contributed by atoms with E-state index in [0.29, 0.717) is 40.3 Å². The molecule has 38 heavy (non-hydrogen) atoms. The molecule has 1 aliphatic rings. The van der Waals surface area contributed by atoms with Gasteiger partial charge in [-0.05, 0) is 39.6 Å². The molecule has 0 bridgehead atoms. The van der Waals surface area contributed by atoms with Crippen LogP contribution in [0.3, 0.4) is 0 Å². The Bertz CT molecular complexity index is 1450. The van der Waals surface area contributed by atoms with Gasteiger partial charge in [0.1, 0.15) is 11.5 Å². The Morgan fingerprint density at radius 3 is 2.68 bits per heavy atom. The molecule has 1 N–H and O–H groups in total. The Balaban J connectivity index is 1.35. The number of carbonyl (C=O) groups is 1. The number of rotatable bonds is 6. The fraction of sp³-hybridized carbons (Fsp3) is 0.407. The Hall–Kier alpha value is -4.12. The second-order valence-electron chi connectivity index (χ2n) is 10.9. The Morgan fingerprint density at radius 2 is 1.97 bits per heavy atom. The highest BCUT2D eigenvalue weighted by Gasteiger charge is 2.25. The molecule has 1 saturated heterocycles. The summed E-state index contributed by atoms with van der Waals surface area (Å²) < 4.78 is 7.00. The molecule has 198 valence electrons. The number of amides is 1. The summed E-state index contributed by atoms with van der Waals surface area (Å²) >= 11 is 0. The molecule has 11 heteroatoms. The van der Waals surface area contributed by atoms with Crippen LogP contribution in [-0.4, -0.2) is 74.2 Å². The average molecular weight is 516 g/mol. The van der Waals surface area contributed by atoms with Crippen molar-refractivity contribution in [2.24, 2.45) is 0 Å². The monoisotopic (exact) mass is 515 g/mol. The van der Waals surface area contributed by atoms with Gasteiger partial charge in [-0.15, -0.1) is 5.10 Å². The van der Waals surface area contributed by atoms with Gasteiger partial charge in [0.25, 0.3) is 5.91 Å². The molecule has 4 aromatic heterocycles. The lowest BCUT2D eigenvalue weighted by molar-refractivity contribution is 0.102. The average Bonchev–Trinajstić information content (AvgIpc) is 3.65. The van der Waals surface area contributed by atoms with E-state index >= 15 is 0 Å². The van der Waals surface area contributed by atoms with E-state index in [1.807, 2.05) is 40.1 Å². The molecule has 1 fully saturated rings. The molecule has 0 radical (unpaired) electrons. The number of aryl methyl sites for hydroxylation is 1. The van der Waals surface area contributed by atoms with E-state index < -0.39 is 0 Å². The van der Waals surface area contributed by atoms with Crippen molar-refractivity contribution in [3.8, 4) is 16.9 Å². The van der Waals surface area contributed by atoms with Crippen molar-refractivity contribution in [2.75, 3.05) is 37.4 Å². The number of pyridine rings is 2. The maximum atomic E-state index is 12.9. The first-order chi connectivity index (χ1) is 18.1. The lowest BCUT2D eigenvalue weighted by atomic mass is 9.93. The van der Waals surface area contributed by atoms with Crippen LogP contribution >= 0.6 is 0 Å². The van der Waals surface area contributed by atoms with Crippen LogP contribution in [0.2, 0.25) is 0 Å². The first kappa shape index (κ1) is 25.5. The predicted molar refractivity (Wildman–Crippen MR) is 145 cm³/mol. The van der Waals surface area contributed by atoms with Crippen molar-refractivity contribution in [2.45, 2.75) is 45.6 Å². The van der Waals surface area contributed by atoms with Gasteiger partial charge in [0.05, 0.1) is 35.0 Å². The van der Waals surface area contributed by atoms with Crippen molar-refractivity contribution in [3.63, 3.8) is 0 Å². The minimum Gasteiger partial charge on any atom is -0.369 e. The summed E-state index contributed by atoms with van der Waals surface area (Å²) in [5.74, 6) is 0.699. The van der Waals surface area contributed by atoms with Crippen LogP contribution in [0.25, 0.3) is 16.9 Å². The van der Waals surface area contributed by atoms with Crippen molar-refractivity contribution < 1.29 is 9.32 Å². The summed E-state index contributed by atoms with van der Waals surface area (Å²) in [5.41, 5.74) is 4.17. The molecule has 0 aromatic carbocycles. The van der Waals surface area contributed by atoms with E-state index in [1.165, 1.54) is 6.20 Å². The second-order valence-corrected chi connectivity index (χ2v) is 10.9. The predicted octanol–water partition coefficient (Wildman–Crippen LogP) is 3.71. The minimum absolute atomic E-state index is 0.211. The van der Waals surface area contributed by atoms with Crippen molar-refractivity contribution in [1.82, 2.24) is 35.0 Å². The Morgan fingerprint density at radius 1 is 1.16 bits per heavy atom. The van der Waals surface area contributed by atoms with E-state index in [2.05, 4.69) is 60.7 Å². The van der Waals surface area contributed by atoms with Gasteiger partial charge in [-0.1, -0.05) is 31.1 Å². The van der Waals surface area contributed by atoms with Gasteiger partial charge in [-0.25, -0.2) is 4.68 Å². The molecular weight excluding hydrogens is 482 g/mol. The van der Waals surface area contributed by atoms with Crippen molar-refractivity contribution >= 4 is 17.4 Å². The van der Waals surface area contributed by atoms with Gasteiger partial charge >= 0.3 is 0 Å². The van der Waals surface area contributed by atoms with E-state index in [0.717, 1.165) is 30.8 Å². The van der Waals surface area contributed by atoms with Crippen LogP contribution in [0.15, 0.2) is 47.5 Å². The quantitative estimate of drug-likeness (QED) is 0.410. The van der Waals surface area contributed by atoms with Crippen LogP contribution < -0.4 is 10.2 Å². The number of anilines is 2. The van der Waals surface area contributed by atoms with Crippen LogP contribution in [0.4, 0.5) is 11.5 Å². The summed E-state index contributed by atoms with van der Waals surface area (Å²) in [5, 5.41) is 15.4. The maximum Gasteiger partial charge on any atom is 0.258 e. The molecule has 11 nitrogen and oxygen atoms in total. The van der Waals surface area contributed by atoms with Crippen molar-refractivity contribution in [1.29, 1.82) is 0 Å². The zero-order valence-electron chi connectivity index (χ0n) is 22.6. The lowest BCUT2D eigenvalue weighted by Crippen LogP contribution is -2.31. The second kappa shape index (κ2) is 9.97. The number of carbonyl (C=O) groups excluding carboxylic acids is 1. The molecule has 0 saturated carbocycles. The molecule has 5 rings (SSSR count). The first-order valence-corrected chi connectivity index (χ1v) is 12.6. The minimum atomic E-state index is -0.341. The van der Waals surface area contributed by atoms with Crippen molar-refractivity contribution in [3.05, 3.63) is 60.0 Å². The molecule has 4 aromatic rings. The summed E-state index contributed by atoms with van der Waals surface area (Å²) in [6, 6.07) is 6.10. The smallest absolute Gasteiger partial charge is 0.258 e. The molecule has 1 aliphatic heterocycles. The van der Waals surface area contributed by atoms with Gasteiger partial charge in [-0.2, -0.15) is 0 Å². The van der Waals surface area contributed by atoms with Gasteiger partial charge in [-0.3, -0.25) is 14.8 Å². The van der Waals surface area contributed by atoms with Gasteiger partial charge < -0.3 is 19.6 Å². The molecule has 0 unspecified atom stereocenters. The molecule has 1 atom stereocenters. The van der Waals surface area contributed by atoms with Crippen LogP contribution in [0.1, 0.15) is 49.0 Å². The summed E-state index contributed by atoms with van der Waals surface area (Å²) in [7, 11) is 4.24. The normalized spacial score (nSPS) is 15.9. The standard InChI is InChI=1S/C27H33N9O2/c1-17-23(10-19(13-29-17)26(37)30-25-11-24(38-32-25)27(2,3)4)36-16-22(31-33-36)18-9-21(14-28-12-18)35-8-7-20(15-35)34(5)6/h9-14,16,20H,7-8,15H2,1-6H3,(H,30,32,37)/t20-/m0/s1. The number of nitrogens with one attached hydrogen (secondary N) is 1. The van der Waals surface area contributed by atoms with E-state index in [4.69, 9.17) is 4.52 Å². The highest BCUT2D eigenvalue weighted by molar-refractivity contribution is 6.03. The number of hydrogen-bond acceptors (Lipinski definition) is 9. The summed E-state index contributed by atoms with van der Waals surface area (Å²) in [6.45, 7) is 9.87. The third-order valence-electron chi connectivity index (χ3n) is 6.83. The number of nitrogens with zero attached hydrogens (tertiary/aromatic N) is 8. The Kier molecular flexibility index (Phi) is 6.70. The molecule has 0 spiro atoms. The van der Waals surface area contributed by atoms with Crippen LogP contribution in [-0.2, 0) is 5.41 Å². The van der Waals surface area contributed by atoms with Crippen LogP contribution in [0, 0.1) is 6.92 Å². The largest absolute Gasteiger partial charge is 0.369 e. The van der Waals surface area contributed by atoms with E-state index in [9.17, 15) is 4.79 Å². The molecular formula is C27H33N9O2. The van der Waals surface area contributed by atoms with E-state index in [-0.39, 0.29) is 11.3 Å². The summed E-state index contributed by atoms with van der Waals surface area (Å²) in [6.07, 6.45) is 8.16. The maximum absolute atomic E-state index is 12.9. The Labute approximate surface area is 221 Å². The fourth-order valence-corrected chi connectivity index (χ4v) is 4.41. The summed E-state index contributed by atoms with van der Waals surface area (Å²) in [4.78, 5) is 26.4. The third kappa shape index (κ3) is 5.28. The topological polar surface area (TPSA) is 118 Å². The zero-order valence-corrected chi connectivity index (χ0v) is 22.6. The number of likely N-dealkylation sites (N-methyl/N-ethyl adjacent to an activating group) is 1. The first-order valence-electron chi connectivity index (χ1n) is 12.6. The lowest BCUT2D eigenvalue weighted by Gasteiger charge is -2.21. The fourth-order valence-electron chi connectivity index (χ4n) is 4.41. The van der Waals surface area contributed by atoms with Gasteiger partial charge in [0.2, 0.25) is 0 Å². The van der Waals surface area contributed by atoms with Crippen LogP contribution in [0.5, 0.6) is 0 Å². The zero-order chi connectivity index (χ0) is 27.0. The highest BCUT2D eigenvalue weighted by atomic mass is 16.5. The molecule has 0 aliphatic carbocycles.